The monoisotopic (exact) mass is 898 g/mol. The average molecular weight is 898 g/mol. The van der Waals surface area contributed by atoms with Gasteiger partial charge in [0.15, 0.2) is 0 Å². The summed E-state index contributed by atoms with van der Waals surface area (Å²) in [4.78, 5) is 17.9. The van der Waals surface area contributed by atoms with Crippen molar-refractivity contribution in [2.45, 2.75) is 174 Å². The molecule has 10 atom stereocenters. The van der Waals surface area contributed by atoms with Crippen molar-refractivity contribution in [3.05, 3.63) is 59.3 Å². The molecule has 1 aromatic heterocycles. The van der Waals surface area contributed by atoms with Crippen molar-refractivity contribution in [3.8, 4) is 11.9 Å². The Morgan fingerprint density at radius 2 is 1.70 bits per heavy atom. The number of fused-ring (bicyclic) bond motifs is 7. The lowest BCUT2D eigenvalue weighted by molar-refractivity contribution is -0.221. The third-order valence-electron chi connectivity index (χ3n) is 20.2. The summed E-state index contributed by atoms with van der Waals surface area (Å²) in [5, 5.41) is 25.1. The second-order valence-electron chi connectivity index (χ2n) is 23.5. The van der Waals surface area contributed by atoms with Gasteiger partial charge in [0.25, 0.3) is 0 Å². The summed E-state index contributed by atoms with van der Waals surface area (Å²) in [6.45, 7) is 23.0. The summed E-state index contributed by atoms with van der Waals surface area (Å²) >= 11 is 0. The van der Waals surface area contributed by atoms with Crippen LogP contribution in [-0.4, -0.2) is 66.9 Å². The standard InChI is InChI=1S/C54H79N3O6S/c1-10-62-47(58)52(35-63-46-38(34-55)12-11-32-56-46)24-15-37(16-25-52)41-20-22-49(6)43(48(41,4)5)21-23-51(8)44(49)14-13-42-45-40(36(2)3)19-28-54(45,30-29-50(42,51)7)57-33-31-53(59)26-17-39(18-27-53)64(9,60)61/h11-12,15,20,32,39-40,42-45,57,59H,2,10,13-14,16-19,21-31,33,35H2,1,3-9H3/t39?,40?,42-,43+,44-,45-,49+,50-,51-,52-,53?,54+/m1/s1. The molecule has 1 unspecified atom stereocenters. The summed E-state index contributed by atoms with van der Waals surface area (Å²) in [5.74, 6) is 2.82. The fraction of sp³-hybridized carbons (Fsp3) is 0.759. The van der Waals surface area contributed by atoms with Gasteiger partial charge >= 0.3 is 5.97 Å². The number of rotatable bonds is 12. The molecule has 8 rings (SSSR count). The van der Waals surface area contributed by atoms with E-state index in [1.165, 1.54) is 61.5 Å². The van der Waals surface area contributed by atoms with Gasteiger partial charge in [0.1, 0.15) is 33.5 Å². The van der Waals surface area contributed by atoms with Crippen molar-refractivity contribution in [2.75, 3.05) is 26.0 Å². The van der Waals surface area contributed by atoms with Crippen molar-refractivity contribution in [1.29, 1.82) is 5.26 Å². The Balaban J connectivity index is 1.00. The maximum atomic E-state index is 13.6. The van der Waals surface area contributed by atoms with Gasteiger partial charge in [0.2, 0.25) is 5.88 Å². The normalized spacial score (nSPS) is 41.4. The lowest BCUT2D eigenvalue weighted by atomic mass is 9.33. The minimum Gasteiger partial charge on any atom is -0.475 e. The molecule has 5 fully saturated rings. The van der Waals surface area contributed by atoms with Gasteiger partial charge in [-0.05, 0) is 204 Å². The lowest BCUT2D eigenvalue weighted by Crippen LogP contribution is -2.68. The molecule has 0 radical (unpaired) electrons. The van der Waals surface area contributed by atoms with Crippen molar-refractivity contribution in [1.82, 2.24) is 10.3 Å². The average Bonchev–Trinajstić information content (AvgIpc) is 3.63. The molecule has 9 nitrogen and oxygen atoms in total. The van der Waals surface area contributed by atoms with Crippen molar-refractivity contribution < 1.29 is 27.8 Å². The topological polar surface area (TPSA) is 139 Å². The van der Waals surface area contributed by atoms with E-state index in [1.54, 1.807) is 18.3 Å². The first kappa shape index (κ1) is 47.5. The number of pyridine rings is 1. The first-order valence-corrected chi connectivity index (χ1v) is 26.9. The molecular formula is C54H79N3O6S. The van der Waals surface area contributed by atoms with Crippen molar-refractivity contribution in [2.24, 2.45) is 56.7 Å². The molecule has 2 N–H and O–H groups in total. The van der Waals surface area contributed by atoms with Gasteiger partial charge in [-0.25, -0.2) is 13.4 Å². The summed E-state index contributed by atoms with van der Waals surface area (Å²) in [6, 6.07) is 5.56. The minimum absolute atomic E-state index is 0.0236. The molecule has 5 saturated carbocycles. The molecule has 0 spiro atoms. The van der Waals surface area contributed by atoms with Crippen LogP contribution in [0.2, 0.25) is 0 Å². The van der Waals surface area contributed by atoms with E-state index in [0.717, 1.165) is 32.2 Å². The highest BCUT2D eigenvalue weighted by Gasteiger charge is 2.70. The summed E-state index contributed by atoms with van der Waals surface area (Å²) < 4.78 is 36.3. The zero-order valence-corrected chi connectivity index (χ0v) is 41.3. The number of aromatic nitrogens is 1. The Kier molecular flexibility index (Phi) is 12.6. The molecule has 0 aliphatic heterocycles. The van der Waals surface area contributed by atoms with Crippen LogP contribution in [0.1, 0.15) is 163 Å². The molecule has 0 aromatic carbocycles. The molecule has 1 heterocycles. The van der Waals surface area contributed by atoms with Crippen molar-refractivity contribution >= 4 is 15.8 Å². The summed E-state index contributed by atoms with van der Waals surface area (Å²) in [5.41, 5.74) is 3.51. The Hall–Kier alpha value is -3.00. The quantitative estimate of drug-likeness (QED) is 0.155. The maximum Gasteiger partial charge on any atom is 0.315 e. The van der Waals surface area contributed by atoms with Gasteiger partial charge in [-0.3, -0.25) is 4.79 Å². The first-order chi connectivity index (χ1) is 30.1. The fourth-order valence-corrected chi connectivity index (χ4v) is 17.6. The van der Waals surface area contributed by atoms with Crippen LogP contribution in [0.25, 0.3) is 0 Å². The van der Waals surface area contributed by atoms with Crippen LogP contribution in [0, 0.1) is 68.0 Å². The zero-order chi connectivity index (χ0) is 46.1. The summed E-state index contributed by atoms with van der Waals surface area (Å²) in [7, 11) is -3.08. The third-order valence-corrected chi connectivity index (χ3v) is 21.9. The maximum absolute atomic E-state index is 13.6. The number of nitriles is 1. The van der Waals surface area contributed by atoms with Crippen LogP contribution in [0.15, 0.2) is 53.8 Å². The number of ether oxygens (including phenoxy) is 2. The van der Waals surface area contributed by atoms with E-state index in [2.05, 4.69) is 76.6 Å². The molecule has 64 heavy (non-hydrogen) atoms. The fourth-order valence-electron chi connectivity index (χ4n) is 16.6. The van der Waals surface area contributed by atoms with Crippen LogP contribution < -0.4 is 10.1 Å². The van der Waals surface area contributed by atoms with Gasteiger partial charge < -0.3 is 19.9 Å². The number of nitrogens with zero attached hydrogens (tertiary/aromatic N) is 2. The molecule has 10 heteroatoms. The predicted octanol–water partition coefficient (Wildman–Crippen LogP) is 10.6. The third kappa shape index (κ3) is 7.75. The molecule has 7 aliphatic rings. The number of allylic oxidation sites excluding steroid dienone is 5. The number of hydrogen-bond acceptors (Lipinski definition) is 9. The zero-order valence-electron chi connectivity index (χ0n) is 40.5. The number of sulfone groups is 1. The van der Waals surface area contributed by atoms with Crippen molar-refractivity contribution in [3.63, 3.8) is 0 Å². The largest absolute Gasteiger partial charge is 0.475 e. The van der Waals surface area contributed by atoms with Gasteiger partial charge in [-0.2, -0.15) is 5.26 Å². The number of aliphatic hydroxyl groups is 1. The van der Waals surface area contributed by atoms with E-state index in [-0.39, 0.29) is 50.9 Å². The second-order valence-corrected chi connectivity index (χ2v) is 25.8. The van der Waals surface area contributed by atoms with Crippen LogP contribution >= 0.6 is 0 Å². The summed E-state index contributed by atoms with van der Waals surface area (Å²) in [6.07, 6.45) is 23.5. The van der Waals surface area contributed by atoms with E-state index < -0.39 is 20.9 Å². The first-order valence-electron chi connectivity index (χ1n) is 25.0. The number of carbonyl (C=O) groups excluding carboxylic acids is 1. The Morgan fingerprint density at radius 3 is 2.36 bits per heavy atom. The smallest absolute Gasteiger partial charge is 0.315 e. The van der Waals surface area contributed by atoms with E-state index in [9.17, 15) is 23.6 Å². The predicted molar refractivity (Wildman–Crippen MR) is 253 cm³/mol. The molecule has 0 amide bonds. The van der Waals surface area contributed by atoms with Gasteiger partial charge in [0.05, 0.1) is 17.5 Å². The van der Waals surface area contributed by atoms with E-state index in [0.29, 0.717) is 86.7 Å². The molecular weight excluding hydrogens is 819 g/mol. The van der Waals surface area contributed by atoms with Gasteiger partial charge in [-0.15, -0.1) is 0 Å². The molecule has 0 saturated heterocycles. The molecule has 1 aromatic rings. The highest BCUT2D eigenvalue weighted by molar-refractivity contribution is 7.91. The van der Waals surface area contributed by atoms with Crippen LogP contribution in [0.4, 0.5) is 0 Å². The number of carbonyl (C=O) groups is 1. The Morgan fingerprint density at radius 1 is 0.953 bits per heavy atom. The van der Waals surface area contributed by atoms with E-state index in [1.807, 2.05) is 6.92 Å². The van der Waals surface area contributed by atoms with E-state index >= 15 is 0 Å². The number of esters is 1. The van der Waals surface area contributed by atoms with Gasteiger partial charge in [0, 0.05) is 18.0 Å². The number of hydrogen-bond donors (Lipinski definition) is 2. The van der Waals surface area contributed by atoms with Crippen LogP contribution in [0.3, 0.4) is 0 Å². The van der Waals surface area contributed by atoms with Gasteiger partial charge in [-0.1, -0.05) is 58.9 Å². The van der Waals surface area contributed by atoms with Crippen LogP contribution in [0.5, 0.6) is 5.88 Å². The highest BCUT2D eigenvalue weighted by atomic mass is 32.2. The molecule has 352 valence electrons. The number of nitrogens with one attached hydrogen (secondary N) is 1. The molecule has 0 bridgehead atoms. The highest BCUT2D eigenvalue weighted by Crippen LogP contribution is 2.76. The van der Waals surface area contributed by atoms with E-state index in [4.69, 9.17) is 9.47 Å². The lowest BCUT2D eigenvalue weighted by Gasteiger charge is -2.72. The SMILES string of the molecule is C=C(C)C1CC[C@]2(NCCC3(O)CCC(S(C)(=O)=O)CC3)CC[C@]3(C)[C@H](CC[C@@H]4[C@@]5(C)CC=C(C6=CC[C@@](COc7ncccc7C#N)(C(=O)OCC)CC6)C(C)(C)[C@@H]5CC[C@]43C)[C@@H]12. The Labute approximate surface area is 385 Å². The minimum atomic E-state index is -3.08. The molecule has 7 aliphatic carbocycles. The second kappa shape index (κ2) is 17.0. The Bertz CT molecular complexity index is 2200. The van der Waals surface area contributed by atoms with Crippen LogP contribution in [-0.2, 0) is 19.4 Å².